The Morgan fingerprint density at radius 1 is 1.19 bits per heavy atom. The van der Waals surface area contributed by atoms with Gasteiger partial charge in [-0.25, -0.2) is 9.37 Å². The van der Waals surface area contributed by atoms with Crippen LogP contribution in [0, 0.1) is 5.82 Å². The van der Waals surface area contributed by atoms with Gasteiger partial charge in [0.15, 0.2) is 0 Å². The summed E-state index contributed by atoms with van der Waals surface area (Å²) in [5, 5.41) is 7.64. The van der Waals surface area contributed by atoms with Crippen LogP contribution in [0.3, 0.4) is 0 Å². The molecule has 1 saturated heterocycles. The zero-order valence-corrected chi connectivity index (χ0v) is 16.8. The van der Waals surface area contributed by atoms with Gasteiger partial charge in [-0.05, 0) is 29.6 Å². The van der Waals surface area contributed by atoms with E-state index in [9.17, 15) is 9.18 Å². The number of aromatic nitrogens is 1. The van der Waals surface area contributed by atoms with E-state index in [2.05, 4.69) is 27.1 Å². The first kappa shape index (κ1) is 18.6. The average Bonchev–Trinajstić information content (AvgIpc) is 3.35. The van der Waals surface area contributed by atoms with E-state index in [1.807, 2.05) is 0 Å². The Hall–Kier alpha value is -1.80. The van der Waals surface area contributed by atoms with Crippen LogP contribution in [0.25, 0.3) is 10.6 Å². The molecule has 1 aliphatic heterocycles. The predicted molar refractivity (Wildman–Crippen MR) is 108 cm³/mol. The summed E-state index contributed by atoms with van der Waals surface area (Å²) in [5.74, 6) is -0.835. The summed E-state index contributed by atoms with van der Waals surface area (Å²) >= 11 is 9.22. The molecule has 0 aliphatic carbocycles. The van der Waals surface area contributed by atoms with E-state index >= 15 is 0 Å². The maximum atomic E-state index is 13.9. The first-order valence-corrected chi connectivity index (χ1v) is 10.7. The van der Waals surface area contributed by atoms with E-state index in [-0.39, 0.29) is 11.5 Å². The summed E-state index contributed by atoms with van der Waals surface area (Å²) in [5.41, 5.74) is 2.24. The highest BCUT2D eigenvalue weighted by molar-refractivity contribution is 7.14. The fourth-order valence-electron chi connectivity index (χ4n) is 3.07. The lowest BCUT2D eigenvalue weighted by molar-refractivity contribution is 0.0623. The number of halogens is 2. The fraction of sp³-hybridized carbons (Fsp3) is 0.263. The summed E-state index contributed by atoms with van der Waals surface area (Å²) in [4.78, 5) is 21.2. The van der Waals surface area contributed by atoms with Crippen molar-refractivity contribution in [2.75, 3.05) is 26.2 Å². The van der Waals surface area contributed by atoms with E-state index in [0.29, 0.717) is 18.1 Å². The molecular weight excluding hydrogens is 405 g/mol. The number of piperazine rings is 1. The second-order valence-corrected chi connectivity index (χ2v) is 8.42. The molecule has 0 unspecified atom stereocenters. The molecule has 1 aliphatic rings. The van der Waals surface area contributed by atoms with Crippen LogP contribution in [0.4, 0.5) is 4.39 Å². The molecule has 27 heavy (non-hydrogen) atoms. The standard InChI is InChI=1S/C19H17ClFN3OS2/c20-14-1-2-17(21)16(9-14)19(25)24-6-4-23(5-7-24)10-15-12-27-18(22-15)13-3-8-26-11-13/h1-3,8-9,11-12H,4-7,10H2. The van der Waals surface area contributed by atoms with Gasteiger partial charge < -0.3 is 4.90 Å². The van der Waals surface area contributed by atoms with Crippen molar-refractivity contribution in [2.24, 2.45) is 0 Å². The van der Waals surface area contributed by atoms with Crippen LogP contribution in [0.2, 0.25) is 5.02 Å². The van der Waals surface area contributed by atoms with Gasteiger partial charge in [-0.15, -0.1) is 11.3 Å². The summed E-state index contributed by atoms with van der Waals surface area (Å²) in [6, 6.07) is 6.16. The number of hydrogen-bond acceptors (Lipinski definition) is 5. The average molecular weight is 422 g/mol. The van der Waals surface area contributed by atoms with Crippen molar-refractivity contribution in [1.82, 2.24) is 14.8 Å². The monoisotopic (exact) mass is 421 g/mol. The first-order valence-electron chi connectivity index (χ1n) is 8.54. The Morgan fingerprint density at radius 3 is 2.74 bits per heavy atom. The molecule has 8 heteroatoms. The molecule has 0 radical (unpaired) electrons. The lowest BCUT2D eigenvalue weighted by atomic mass is 10.1. The minimum atomic E-state index is -0.532. The molecule has 0 saturated carbocycles. The predicted octanol–water partition coefficient (Wildman–Crippen LogP) is 4.62. The Balaban J connectivity index is 1.35. The van der Waals surface area contributed by atoms with Gasteiger partial charge in [0.1, 0.15) is 10.8 Å². The van der Waals surface area contributed by atoms with E-state index in [0.717, 1.165) is 35.9 Å². The number of thiazole rings is 1. The van der Waals surface area contributed by atoms with Crippen LogP contribution < -0.4 is 0 Å². The lowest BCUT2D eigenvalue weighted by Crippen LogP contribution is -2.48. The van der Waals surface area contributed by atoms with Gasteiger partial charge in [0, 0.05) is 54.1 Å². The van der Waals surface area contributed by atoms with Gasteiger partial charge in [-0.3, -0.25) is 9.69 Å². The minimum absolute atomic E-state index is 0.0378. The highest BCUT2D eigenvalue weighted by Crippen LogP contribution is 2.26. The SMILES string of the molecule is O=C(c1cc(Cl)ccc1F)N1CCN(Cc2csc(-c3ccsc3)n2)CC1. The van der Waals surface area contributed by atoms with Crippen molar-refractivity contribution >= 4 is 40.2 Å². The maximum Gasteiger partial charge on any atom is 0.256 e. The molecule has 1 aromatic carbocycles. The number of carbonyl (C=O) groups is 1. The summed E-state index contributed by atoms with van der Waals surface area (Å²) in [6.45, 7) is 3.35. The van der Waals surface area contributed by atoms with Crippen molar-refractivity contribution in [1.29, 1.82) is 0 Å². The highest BCUT2D eigenvalue weighted by Gasteiger charge is 2.24. The van der Waals surface area contributed by atoms with Crippen LogP contribution in [-0.2, 0) is 6.54 Å². The van der Waals surface area contributed by atoms with E-state index in [4.69, 9.17) is 16.6 Å². The Bertz CT molecular complexity index is 936. The van der Waals surface area contributed by atoms with Gasteiger partial charge in [0.05, 0.1) is 11.3 Å². The van der Waals surface area contributed by atoms with Crippen molar-refractivity contribution in [3.05, 3.63) is 62.5 Å². The Morgan fingerprint density at radius 2 is 2.00 bits per heavy atom. The zero-order valence-electron chi connectivity index (χ0n) is 14.4. The largest absolute Gasteiger partial charge is 0.336 e. The van der Waals surface area contributed by atoms with Crippen LogP contribution in [0.5, 0.6) is 0 Å². The summed E-state index contributed by atoms with van der Waals surface area (Å²) in [6.07, 6.45) is 0. The van der Waals surface area contributed by atoms with Crippen molar-refractivity contribution in [2.45, 2.75) is 6.54 Å². The molecule has 0 bridgehead atoms. The van der Waals surface area contributed by atoms with Gasteiger partial charge in [-0.1, -0.05) is 11.6 Å². The number of rotatable bonds is 4. The molecule has 4 rings (SSSR count). The summed E-state index contributed by atoms with van der Waals surface area (Å²) < 4.78 is 13.9. The van der Waals surface area contributed by atoms with Gasteiger partial charge in [0.25, 0.3) is 5.91 Å². The Labute approximate surface area is 169 Å². The van der Waals surface area contributed by atoms with Crippen molar-refractivity contribution < 1.29 is 9.18 Å². The molecule has 3 aromatic rings. The second kappa shape index (κ2) is 8.06. The molecular formula is C19H17ClFN3OS2. The molecule has 0 spiro atoms. The number of thiophene rings is 1. The molecule has 1 amide bonds. The molecule has 1 fully saturated rings. The third kappa shape index (κ3) is 4.21. The number of carbonyl (C=O) groups excluding carboxylic acids is 1. The van der Waals surface area contributed by atoms with Crippen molar-refractivity contribution in [3.63, 3.8) is 0 Å². The quantitative estimate of drug-likeness (QED) is 0.616. The molecule has 2 aromatic heterocycles. The van der Waals surface area contributed by atoms with Crippen LogP contribution in [0.15, 0.2) is 40.4 Å². The fourth-order valence-corrected chi connectivity index (χ4v) is 4.76. The minimum Gasteiger partial charge on any atom is -0.336 e. The van der Waals surface area contributed by atoms with E-state index < -0.39 is 5.82 Å². The van der Waals surface area contributed by atoms with Crippen LogP contribution in [-0.4, -0.2) is 46.9 Å². The molecule has 3 heterocycles. The van der Waals surface area contributed by atoms with Crippen LogP contribution in [0.1, 0.15) is 16.1 Å². The lowest BCUT2D eigenvalue weighted by Gasteiger charge is -2.34. The summed E-state index contributed by atoms with van der Waals surface area (Å²) in [7, 11) is 0. The third-order valence-corrected chi connectivity index (χ3v) is 6.38. The topological polar surface area (TPSA) is 36.4 Å². The van der Waals surface area contributed by atoms with E-state index in [1.54, 1.807) is 27.6 Å². The molecule has 4 nitrogen and oxygen atoms in total. The number of hydrogen-bond donors (Lipinski definition) is 0. The molecule has 140 valence electrons. The zero-order chi connectivity index (χ0) is 18.8. The third-order valence-electron chi connectivity index (χ3n) is 4.52. The molecule has 0 atom stereocenters. The van der Waals surface area contributed by atoms with Crippen molar-refractivity contribution in [3.8, 4) is 10.6 Å². The highest BCUT2D eigenvalue weighted by atomic mass is 35.5. The van der Waals surface area contributed by atoms with Gasteiger partial charge in [0.2, 0.25) is 0 Å². The second-order valence-electron chi connectivity index (χ2n) is 6.35. The number of benzene rings is 1. The smallest absolute Gasteiger partial charge is 0.256 e. The Kier molecular flexibility index (Phi) is 5.54. The van der Waals surface area contributed by atoms with Gasteiger partial charge >= 0.3 is 0 Å². The number of amides is 1. The maximum absolute atomic E-state index is 13.9. The number of nitrogens with zero attached hydrogens (tertiary/aromatic N) is 3. The van der Waals surface area contributed by atoms with E-state index in [1.165, 1.54) is 18.2 Å². The normalized spacial score (nSPS) is 15.3. The van der Waals surface area contributed by atoms with Gasteiger partial charge in [-0.2, -0.15) is 11.3 Å². The first-order chi connectivity index (χ1) is 13.1. The molecule has 0 N–H and O–H groups in total. The van der Waals surface area contributed by atoms with Crippen LogP contribution >= 0.6 is 34.3 Å².